The molecule has 0 bridgehead atoms. The number of ether oxygens (including phenoxy) is 1. The van der Waals surface area contributed by atoms with E-state index in [2.05, 4.69) is 28.1 Å². The number of hydrogen-bond donors (Lipinski definition) is 9. The van der Waals surface area contributed by atoms with Gasteiger partial charge in [-0.05, 0) is 0 Å². The number of nitrogens with two attached hydrogens (primary N) is 1. The van der Waals surface area contributed by atoms with Crippen LogP contribution in [0.3, 0.4) is 0 Å². The molecule has 2 aromatic rings. The van der Waals surface area contributed by atoms with Crippen molar-refractivity contribution in [2.24, 2.45) is 5.73 Å². The summed E-state index contributed by atoms with van der Waals surface area (Å²) in [6.07, 6.45) is -5.69. The van der Waals surface area contributed by atoms with Crippen LogP contribution in [0.5, 0.6) is 0 Å². The van der Waals surface area contributed by atoms with Gasteiger partial charge in [-0.2, -0.15) is 13.6 Å². The van der Waals surface area contributed by atoms with Gasteiger partial charge in [-0.25, -0.2) is 23.5 Å². The molecule has 3 heterocycles. The quantitative estimate of drug-likeness (QED) is 0.142. The number of nitrogens with zero attached hydrogens (tertiary/aromatic N) is 3. The summed E-state index contributed by atoms with van der Waals surface area (Å²) in [5.74, 6) is -0.381. The number of rotatable bonds is 9. The van der Waals surface area contributed by atoms with Gasteiger partial charge >= 0.3 is 29.5 Å². The number of H-pyrrole nitrogens is 1. The lowest BCUT2D eigenvalue weighted by molar-refractivity contribution is -0.0503. The van der Waals surface area contributed by atoms with Crippen LogP contribution in [0.25, 0.3) is 11.2 Å². The Morgan fingerprint density at radius 3 is 2.43 bits per heavy atom. The minimum atomic E-state index is -5.77. The van der Waals surface area contributed by atoms with Crippen molar-refractivity contribution >= 4 is 46.6 Å². The van der Waals surface area contributed by atoms with E-state index in [0.717, 1.165) is 10.9 Å². The first-order chi connectivity index (χ1) is 16.0. The lowest BCUT2D eigenvalue weighted by Crippen LogP contribution is -2.33. The van der Waals surface area contributed by atoms with E-state index in [1.807, 2.05) is 5.32 Å². The molecule has 196 valence electrons. The molecule has 0 radical (unpaired) electrons. The highest BCUT2D eigenvalue weighted by atomic mass is 31.3. The zero-order chi connectivity index (χ0) is 26.3. The van der Waals surface area contributed by atoms with Crippen molar-refractivity contribution in [2.45, 2.75) is 24.5 Å². The van der Waals surface area contributed by atoms with E-state index in [0.29, 0.717) is 0 Å². The maximum absolute atomic E-state index is 12.1. The summed E-state index contributed by atoms with van der Waals surface area (Å²) in [5.41, 5.74) is 3.66. The molecule has 0 saturated carbocycles. The van der Waals surface area contributed by atoms with Crippen LogP contribution in [0.2, 0.25) is 0 Å². The van der Waals surface area contributed by atoms with Crippen molar-refractivity contribution in [3.63, 3.8) is 0 Å². The molecule has 0 aliphatic carbocycles. The van der Waals surface area contributed by atoms with Crippen molar-refractivity contribution in [2.75, 3.05) is 11.9 Å². The Hall–Kier alpha value is -2.09. The van der Waals surface area contributed by atoms with Gasteiger partial charge in [-0.3, -0.25) is 24.2 Å². The van der Waals surface area contributed by atoms with Crippen LogP contribution >= 0.6 is 23.5 Å². The van der Waals surface area contributed by atoms with Gasteiger partial charge < -0.3 is 40.3 Å². The van der Waals surface area contributed by atoms with Crippen molar-refractivity contribution < 1.29 is 66.2 Å². The van der Waals surface area contributed by atoms with E-state index in [4.69, 9.17) is 25.2 Å². The van der Waals surface area contributed by atoms with Crippen LogP contribution in [0.15, 0.2) is 11.1 Å². The van der Waals surface area contributed by atoms with Crippen LogP contribution in [0.1, 0.15) is 6.23 Å². The van der Waals surface area contributed by atoms with Crippen LogP contribution in [0.4, 0.5) is 10.7 Å². The fourth-order valence-corrected chi connectivity index (χ4v) is 5.89. The number of amides is 2. The minimum absolute atomic E-state index is 0.234. The second-order valence-corrected chi connectivity index (χ2v) is 11.1. The summed E-state index contributed by atoms with van der Waals surface area (Å²) >= 11 is 0. The normalized spacial score (nSPS) is 26.3. The highest BCUT2D eigenvalue weighted by molar-refractivity contribution is 7.66. The van der Waals surface area contributed by atoms with Crippen molar-refractivity contribution in [3.8, 4) is 0 Å². The number of carbonyl (C=O) groups is 1. The highest BCUT2D eigenvalue weighted by Gasteiger charge is 2.47. The molecule has 0 spiro atoms. The summed E-state index contributed by atoms with van der Waals surface area (Å²) in [6.45, 7) is -1.06. The molecular formula is C11H17N6O15P3. The number of anilines is 1. The first kappa shape index (κ1) is 27.5. The van der Waals surface area contributed by atoms with Gasteiger partial charge in [-0.15, -0.1) is 0 Å². The molecular weight excluding hydrogens is 549 g/mol. The van der Waals surface area contributed by atoms with E-state index >= 15 is 0 Å². The molecule has 2 aromatic heterocycles. The molecule has 2 amide bonds. The Balaban J connectivity index is 1.76. The van der Waals surface area contributed by atoms with E-state index in [9.17, 15) is 38.4 Å². The Morgan fingerprint density at radius 1 is 1.17 bits per heavy atom. The molecule has 1 fully saturated rings. The van der Waals surface area contributed by atoms with Crippen molar-refractivity contribution in [3.05, 3.63) is 16.7 Å². The minimum Gasteiger partial charge on any atom is -0.387 e. The number of hydrogen-bond acceptors (Lipinski definition) is 13. The van der Waals surface area contributed by atoms with E-state index in [1.165, 1.54) is 0 Å². The van der Waals surface area contributed by atoms with Gasteiger partial charge in [0.25, 0.3) is 5.56 Å². The Kier molecular flexibility index (Phi) is 7.66. The second-order valence-electron chi connectivity index (χ2n) is 6.66. The van der Waals surface area contributed by atoms with Crippen molar-refractivity contribution in [1.82, 2.24) is 19.5 Å². The smallest absolute Gasteiger partial charge is 0.387 e. The average Bonchev–Trinajstić information content (AvgIpc) is 3.19. The molecule has 35 heavy (non-hydrogen) atoms. The number of aromatic nitrogens is 4. The SMILES string of the molecule is NC(=O)Nc1nc2c(ncn2[C@@H]2O[C@H](COP(=O)(O)OP(=O)(O)OP(=O)(O)O)[C@@H](O)[C@H]2O)c(=O)[nH]1. The molecule has 21 nitrogen and oxygen atoms in total. The summed E-state index contributed by atoms with van der Waals surface area (Å²) in [7, 11) is -16.9. The monoisotopic (exact) mass is 566 g/mol. The molecule has 24 heteroatoms. The third-order valence-corrected chi connectivity index (χ3v) is 7.91. The number of urea groups is 1. The average molecular weight is 566 g/mol. The zero-order valence-corrected chi connectivity index (χ0v) is 19.4. The Bertz CT molecular complexity index is 1320. The molecule has 1 aliphatic heterocycles. The number of imidazole rings is 1. The van der Waals surface area contributed by atoms with Gasteiger partial charge in [0.2, 0.25) is 5.95 Å². The van der Waals surface area contributed by atoms with Crippen LogP contribution in [0, 0.1) is 0 Å². The molecule has 1 saturated heterocycles. The van der Waals surface area contributed by atoms with Crippen LogP contribution in [-0.2, 0) is 31.6 Å². The summed E-state index contributed by atoms with van der Waals surface area (Å²) < 4.78 is 51.7. The third-order valence-electron chi connectivity index (χ3n) is 4.10. The summed E-state index contributed by atoms with van der Waals surface area (Å²) in [5, 5.41) is 22.6. The predicted octanol–water partition coefficient (Wildman–Crippen LogP) is -2.43. The molecule has 6 atom stereocenters. The van der Waals surface area contributed by atoms with E-state index < -0.39 is 66.2 Å². The van der Waals surface area contributed by atoms with E-state index in [1.54, 1.807) is 0 Å². The summed E-state index contributed by atoms with van der Waals surface area (Å²) in [4.78, 5) is 68.7. The number of aliphatic hydroxyl groups excluding tert-OH is 2. The Labute approximate surface area is 191 Å². The van der Waals surface area contributed by atoms with E-state index in [-0.39, 0.29) is 17.1 Å². The predicted molar refractivity (Wildman–Crippen MR) is 107 cm³/mol. The lowest BCUT2D eigenvalue weighted by atomic mass is 10.1. The first-order valence-corrected chi connectivity index (χ1v) is 13.3. The van der Waals surface area contributed by atoms with Gasteiger partial charge in [0.05, 0.1) is 12.9 Å². The highest BCUT2D eigenvalue weighted by Crippen LogP contribution is 2.66. The van der Waals surface area contributed by atoms with Gasteiger partial charge in [0, 0.05) is 0 Å². The molecule has 1 aliphatic rings. The molecule has 2 unspecified atom stereocenters. The fraction of sp³-hybridized carbons (Fsp3) is 0.455. The maximum Gasteiger partial charge on any atom is 0.490 e. The number of phosphoric acid groups is 3. The largest absolute Gasteiger partial charge is 0.490 e. The van der Waals surface area contributed by atoms with Gasteiger partial charge in [0.1, 0.15) is 18.3 Å². The summed E-state index contributed by atoms with van der Waals surface area (Å²) in [6, 6.07) is -1.06. The first-order valence-electron chi connectivity index (χ1n) is 8.81. The van der Waals surface area contributed by atoms with Crippen molar-refractivity contribution in [1.29, 1.82) is 0 Å². The molecule has 0 aromatic carbocycles. The topological polar surface area (TPSA) is 328 Å². The van der Waals surface area contributed by atoms with Crippen LogP contribution < -0.4 is 16.6 Å². The van der Waals surface area contributed by atoms with Gasteiger partial charge in [-0.1, -0.05) is 0 Å². The van der Waals surface area contributed by atoms with Gasteiger partial charge in [0.15, 0.2) is 17.4 Å². The lowest BCUT2D eigenvalue weighted by Gasteiger charge is -2.19. The number of primary amides is 1. The third kappa shape index (κ3) is 6.78. The maximum atomic E-state index is 12.1. The number of nitrogens with one attached hydrogen (secondary N) is 2. The number of fused-ring (bicyclic) bond motifs is 1. The number of carbonyl (C=O) groups excluding carboxylic acids is 1. The molecule has 3 rings (SSSR count). The van der Waals surface area contributed by atoms with Crippen LogP contribution in [-0.4, -0.2) is 80.3 Å². The molecule has 10 N–H and O–H groups in total. The number of phosphoric ester groups is 1. The standard InChI is InChI=1S/C11H17N6O15P3/c12-10(21)16-11-14-7-4(8(20)15-11)13-2-17(7)9-6(19)5(18)3(30-9)1-29-34(25,26)32-35(27,28)31-33(22,23)24/h2-3,5-6,9,18-19H,1H2,(H,25,26)(H,27,28)(H2,22,23,24)(H4,12,14,15,16,20,21)/t3-,5-,6-,9-/m1/s1. The number of aliphatic hydroxyl groups is 2. The second kappa shape index (κ2) is 9.75. The zero-order valence-electron chi connectivity index (χ0n) is 16.7. The number of aromatic amines is 1. The Morgan fingerprint density at radius 2 is 1.83 bits per heavy atom. The fourth-order valence-electron chi connectivity index (χ4n) is 2.86.